The smallest absolute Gasteiger partial charge is 0.135 e. The zero-order valence-corrected chi connectivity index (χ0v) is 13.4. The van der Waals surface area contributed by atoms with Crippen LogP contribution in [0.2, 0.25) is 0 Å². The van der Waals surface area contributed by atoms with Crippen LogP contribution in [-0.4, -0.2) is 23.1 Å². The van der Waals surface area contributed by atoms with Gasteiger partial charge in [0, 0.05) is 17.4 Å². The van der Waals surface area contributed by atoms with E-state index >= 15 is 0 Å². The Morgan fingerprint density at radius 2 is 1.64 bits per heavy atom. The van der Waals surface area contributed by atoms with Gasteiger partial charge in [0.05, 0.1) is 16.8 Å². The third-order valence-electron chi connectivity index (χ3n) is 4.58. The topological polar surface area (TPSA) is 37.8 Å². The molecular weight excluding hydrogens is 327 g/mol. The van der Waals surface area contributed by atoms with Gasteiger partial charge in [-0.2, -0.15) is 0 Å². The standard InChI is InChI=1S/C19H16F3N3/c20-12-4-5-13-16(10-12)24-19(11-6-8-23-9-7-11)25-18(13)17-14(21)2-1-3-15(17)22/h1-5,10-11,23H,6-9H2. The lowest BCUT2D eigenvalue weighted by Gasteiger charge is -2.22. The molecule has 3 nitrogen and oxygen atoms in total. The second-order valence-electron chi connectivity index (χ2n) is 6.21. The van der Waals surface area contributed by atoms with Crippen LogP contribution in [0.5, 0.6) is 0 Å². The van der Waals surface area contributed by atoms with Crippen molar-refractivity contribution in [1.29, 1.82) is 0 Å². The van der Waals surface area contributed by atoms with Gasteiger partial charge in [0.15, 0.2) is 0 Å². The van der Waals surface area contributed by atoms with Crippen molar-refractivity contribution in [2.75, 3.05) is 13.1 Å². The van der Waals surface area contributed by atoms with Gasteiger partial charge in [-0.25, -0.2) is 23.1 Å². The zero-order valence-electron chi connectivity index (χ0n) is 13.4. The minimum absolute atomic E-state index is 0.0857. The van der Waals surface area contributed by atoms with Gasteiger partial charge in [-0.3, -0.25) is 0 Å². The molecule has 0 unspecified atom stereocenters. The van der Waals surface area contributed by atoms with Crippen LogP contribution in [0.1, 0.15) is 24.6 Å². The average molecular weight is 343 g/mol. The molecule has 0 radical (unpaired) electrons. The Bertz CT molecular complexity index is 916. The average Bonchev–Trinajstić information content (AvgIpc) is 2.61. The maximum Gasteiger partial charge on any atom is 0.135 e. The quantitative estimate of drug-likeness (QED) is 0.758. The summed E-state index contributed by atoms with van der Waals surface area (Å²) in [5.74, 6) is -1.23. The number of hydrogen-bond donors (Lipinski definition) is 1. The van der Waals surface area contributed by atoms with Crippen molar-refractivity contribution >= 4 is 10.9 Å². The molecule has 1 aliphatic rings. The van der Waals surface area contributed by atoms with E-state index in [-0.39, 0.29) is 17.2 Å². The van der Waals surface area contributed by atoms with Crippen LogP contribution < -0.4 is 5.32 Å². The lowest BCUT2D eigenvalue weighted by atomic mass is 9.96. The Labute approximate surface area is 142 Å². The molecule has 3 aromatic rings. The van der Waals surface area contributed by atoms with Gasteiger partial charge in [0.1, 0.15) is 23.3 Å². The molecule has 25 heavy (non-hydrogen) atoms. The number of benzene rings is 2. The van der Waals surface area contributed by atoms with E-state index in [1.807, 2.05) is 0 Å². The van der Waals surface area contributed by atoms with E-state index in [9.17, 15) is 13.2 Å². The normalized spacial score (nSPS) is 15.6. The Hall–Kier alpha value is -2.47. The van der Waals surface area contributed by atoms with Crippen LogP contribution >= 0.6 is 0 Å². The summed E-state index contributed by atoms with van der Waals surface area (Å²) in [6, 6.07) is 7.70. The first-order valence-corrected chi connectivity index (χ1v) is 8.26. The third kappa shape index (κ3) is 2.98. The first-order chi connectivity index (χ1) is 12.1. The number of aromatic nitrogens is 2. The van der Waals surface area contributed by atoms with Gasteiger partial charge in [0.25, 0.3) is 0 Å². The summed E-state index contributed by atoms with van der Waals surface area (Å²) in [6.07, 6.45) is 1.67. The number of halogens is 3. The first-order valence-electron chi connectivity index (χ1n) is 8.26. The van der Waals surface area contributed by atoms with Crippen LogP contribution in [-0.2, 0) is 0 Å². The summed E-state index contributed by atoms with van der Waals surface area (Å²) in [4.78, 5) is 8.99. The van der Waals surface area contributed by atoms with E-state index in [0.717, 1.165) is 25.9 Å². The summed E-state index contributed by atoms with van der Waals surface area (Å²) >= 11 is 0. The van der Waals surface area contributed by atoms with Crippen LogP contribution in [0, 0.1) is 17.5 Å². The minimum atomic E-state index is -0.694. The summed E-state index contributed by atoms with van der Waals surface area (Å²) in [6.45, 7) is 1.66. The lowest BCUT2D eigenvalue weighted by molar-refractivity contribution is 0.446. The molecule has 0 saturated carbocycles. The molecule has 0 spiro atoms. The highest BCUT2D eigenvalue weighted by atomic mass is 19.1. The molecule has 6 heteroatoms. The van der Waals surface area contributed by atoms with Crippen LogP contribution in [0.15, 0.2) is 36.4 Å². The van der Waals surface area contributed by atoms with Crippen molar-refractivity contribution in [2.45, 2.75) is 18.8 Å². The molecule has 1 fully saturated rings. The highest BCUT2D eigenvalue weighted by Gasteiger charge is 2.23. The fourth-order valence-corrected chi connectivity index (χ4v) is 3.30. The Morgan fingerprint density at radius 1 is 0.920 bits per heavy atom. The summed E-state index contributed by atoms with van der Waals surface area (Å²) in [5.41, 5.74) is 0.340. The van der Waals surface area contributed by atoms with Gasteiger partial charge in [0.2, 0.25) is 0 Å². The largest absolute Gasteiger partial charge is 0.317 e. The molecule has 0 aliphatic carbocycles. The molecule has 1 aliphatic heterocycles. The third-order valence-corrected chi connectivity index (χ3v) is 4.58. The van der Waals surface area contributed by atoms with E-state index in [4.69, 9.17) is 0 Å². The zero-order chi connectivity index (χ0) is 17.4. The van der Waals surface area contributed by atoms with Crippen molar-refractivity contribution in [3.8, 4) is 11.3 Å². The van der Waals surface area contributed by atoms with E-state index in [1.165, 1.54) is 36.4 Å². The molecular formula is C19H16F3N3. The van der Waals surface area contributed by atoms with Gasteiger partial charge in [-0.1, -0.05) is 6.07 Å². The molecule has 0 amide bonds. The summed E-state index contributed by atoms with van der Waals surface area (Å²) in [7, 11) is 0. The fourth-order valence-electron chi connectivity index (χ4n) is 3.30. The second kappa shape index (κ2) is 6.44. The fraction of sp³-hybridized carbons (Fsp3) is 0.263. The molecule has 2 heterocycles. The minimum Gasteiger partial charge on any atom is -0.317 e. The van der Waals surface area contributed by atoms with E-state index in [0.29, 0.717) is 16.7 Å². The maximum atomic E-state index is 14.3. The van der Waals surface area contributed by atoms with Crippen molar-refractivity contribution in [2.24, 2.45) is 0 Å². The number of hydrogen-bond acceptors (Lipinski definition) is 3. The summed E-state index contributed by atoms with van der Waals surface area (Å²) < 4.78 is 42.4. The van der Waals surface area contributed by atoms with Gasteiger partial charge in [-0.15, -0.1) is 0 Å². The SMILES string of the molecule is Fc1ccc2c(-c3c(F)cccc3F)nc(C3CCNCC3)nc2c1. The predicted molar refractivity (Wildman–Crippen MR) is 89.7 cm³/mol. The highest BCUT2D eigenvalue weighted by Crippen LogP contribution is 2.33. The molecule has 1 saturated heterocycles. The van der Waals surface area contributed by atoms with Gasteiger partial charge < -0.3 is 5.32 Å². The number of rotatable bonds is 2. The monoisotopic (exact) mass is 343 g/mol. The van der Waals surface area contributed by atoms with E-state index < -0.39 is 17.5 Å². The first kappa shape index (κ1) is 16.0. The summed E-state index contributed by atoms with van der Waals surface area (Å²) in [5, 5.41) is 3.69. The maximum absolute atomic E-state index is 14.3. The number of fused-ring (bicyclic) bond motifs is 1. The molecule has 1 aromatic heterocycles. The Kier molecular flexibility index (Phi) is 4.13. The van der Waals surface area contributed by atoms with Crippen LogP contribution in [0.4, 0.5) is 13.2 Å². The molecule has 4 rings (SSSR count). The van der Waals surface area contributed by atoms with E-state index in [1.54, 1.807) is 0 Å². The van der Waals surface area contributed by atoms with Crippen molar-refractivity contribution in [1.82, 2.24) is 15.3 Å². The second-order valence-corrected chi connectivity index (χ2v) is 6.21. The van der Waals surface area contributed by atoms with Crippen molar-refractivity contribution in [3.05, 3.63) is 59.7 Å². The molecule has 1 N–H and O–H groups in total. The lowest BCUT2D eigenvalue weighted by Crippen LogP contribution is -2.27. The number of nitrogens with zero attached hydrogens (tertiary/aromatic N) is 2. The van der Waals surface area contributed by atoms with E-state index in [2.05, 4.69) is 15.3 Å². The van der Waals surface area contributed by atoms with Crippen LogP contribution in [0.3, 0.4) is 0 Å². The van der Waals surface area contributed by atoms with Gasteiger partial charge in [-0.05, 0) is 50.2 Å². The number of nitrogens with one attached hydrogen (secondary N) is 1. The van der Waals surface area contributed by atoms with Crippen LogP contribution in [0.25, 0.3) is 22.2 Å². The van der Waals surface area contributed by atoms with Gasteiger partial charge >= 0.3 is 0 Å². The Morgan fingerprint density at radius 3 is 2.36 bits per heavy atom. The molecule has 0 atom stereocenters. The Balaban J connectivity index is 1.98. The number of piperidine rings is 1. The van der Waals surface area contributed by atoms with Crippen molar-refractivity contribution in [3.63, 3.8) is 0 Å². The molecule has 0 bridgehead atoms. The highest BCUT2D eigenvalue weighted by molar-refractivity contribution is 5.92. The predicted octanol–water partition coefficient (Wildman–Crippen LogP) is 4.18. The molecule has 128 valence electrons. The molecule has 2 aromatic carbocycles. The van der Waals surface area contributed by atoms with Crippen molar-refractivity contribution < 1.29 is 13.2 Å².